The maximum Gasteiger partial charge on any atom is 0.0754 e. The summed E-state index contributed by atoms with van der Waals surface area (Å²) in [4.78, 5) is 0. The predicted octanol–water partition coefficient (Wildman–Crippen LogP) is 1.88. The lowest BCUT2D eigenvalue weighted by Crippen LogP contribution is -2.42. The molecule has 0 heterocycles. The molecule has 1 fully saturated rings. The summed E-state index contributed by atoms with van der Waals surface area (Å²) in [5.41, 5.74) is 0.416. The molecule has 0 bridgehead atoms. The van der Waals surface area contributed by atoms with E-state index in [9.17, 15) is 5.11 Å². The Balaban J connectivity index is 2.24. The van der Waals surface area contributed by atoms with Gasteiger partial charge in [0, 0.05) is 18.3 Å². The summed E-state index contributed by atoms with van der Waals surface area (Å²) in [5.74, 6) is 0.833. The Morgan fingerprint density at radius 3 is 2.79 bits per heavy atom. The van der Waals surface area contributed by atoms with Crippen LogP contribution in [0, 0.1) is 5.41 Å². The first-order valence-corrected chi connectivity index (χ1v) is 6.86. The van der Waals surface area contributed by atoms with Gasteiger partial charge in [0.1, 0.15) is 0 Å². The minimum atomic E-state index is -0.193. The van der Waals surface area contributed by atoms with Gasteiger partial charge in [-0.1, -0.05) is 20.3 Å². The molecule has 0 radical (unpaired) electrons. The van der Waals surface area contributed by atoms with Crippen molar-refractivity contribution in [2.45, 2.75) is 45.3 Å². The van der Waals surface area contributed by atoms with Gasteiger partial charge in [-0.15, -0.1) is 0 Å². The van der Waals surface area contributed by atoms with E-state index < -0.39 is 0 Å². The van der Waals surface area contributed by atoms with Gasteiger partial charge in [-0.05, 0) is 24.5 Å². The van der Waals surface area contributed by atoms with E-state index in [0.29, 0.717) is 11.5 Å². The minimum Gasteiger partial charge on any atom is -0.391 e. The molecule has 1 aliphatic carbocycles. The number of thioether (sulfide) groups is 1. The third kappa shape index (κ3) is 3.44. The molecule has 0 amide bonds. The first-order valence-electron chi connectivity index (χ1n) is 5.46. The van der Waals surface area contributed by atoms with Gasteiger partial charge in [0.15, 0.2) is 0 Å². The first-order chi connectivity index (χ1) is 6.56. The Kier molecular flexibility index (Phi) is 4.74. The van der Waals surface area contributed by atoms with Crippen LogP contribution in [0.4, 0.5) is 0 Å². The van der Waals surface area contributed by atoms with Gasteiger partial charge in [-0.3, -0.25) is 0 Å². The molecule has 0 saturated heterocycles. The van der Waals surface area contributed by atoms with Crippen LogP contribution in [0.1, 0.15) is 33.1 Å². The molecule has 84 valence electrons. The zero-order valence-corrected chi connectivity index (χ0v) is 10.4. The molecule has 2 nitrogen and oxygen atoms in total. The molecule has 2 N–H and O–H groups in total. The number of rotatable bonds is 5. The summed E-state index contributed by atoms with van der Waals surface area (Å²) in [7, 11) is 0. The van der Waals surface area contributed by atoms with Gasteiger partial charge in [0.25, 0.3) is 0 Å². The van der Waals surface area contributed by atoms with Crippen LogP contribution in [0.3, 0.4) is 0 Å². The van der Waals surface area contributed by atoms with E-state index >= 15 is 0 Å². The number of aliphatic hydroxyl groups excluding tert-OH is 1. The molecule has 3 heteroatoms. The van der Waals surface area contributed by atoms with Crippen molar-refractivity contribution in [3.8, 4) is 0 Å². The van der Waals surface area contributed by atoms with E-state index in [4.69, 9.17) is 0 Å². The van der Waals surface area contributed by atoms with E-state index in [-0.39, 0.29) is 6.10 Å². The topological polar surface area (TPSA) is 32.3 Å². The smallest absolute Gasteiger partial charge is 0.0754 e. The van der Waals surface area contributed by atoms with Crippen molar-refractivity contribution < 1.29 is 5.11 Å². The Morgan fingerprint density at radius 1 is 1.57 bits per heavy atom. The highest BCUT2D eigenvalue weighted by Gasteiger charge is 2.33. The number of hydrogen-bond acceptors (Lipinski definition) is 3. The van der Waals surface area contributed by atoms with Crippen molar-refractivity contribution in [3.63, 3.8) is 0 Å². The van der Waals surface area contributed by atoms with Crippen molar-refractivity contribution >= 4 is 11.8 Å². The van der Waals surface area contributed by atoms with Crippen LogP contribution >= 0.6 is 11.8 Å². The van der Waals surface area contributed by atoms with E-state index in [0.717, 1.165) is 12.3 Å². The first kappa shape index (κ1) is 12.3. The highest BCUT2D eigenvalue weighted by molar-refractivity contribution is 7.98. The van der Waals surface area contributed by atoms with Gasteiger partial charge in [0.2, 0.25) is 0 Å². The van der Waals surface area contributed by atoms with Crippen LogP contribution in [-0.2, 0) is 0 Å². The molecule has 1 rings (SSSR count). The van der Waals surface area contributed by atoms with Crippen LogP contribution in [0.15, 0.2) is 0 Å². The molecule has 1 aliphatic rings. The second kappa shape index (κ2) is 5.38. The predicted molar refractivity (Wildman–Crippen MR) is 63.8 cm³/mol. The summed E-state index contributed by atoms with van der Waals surface area (Å²) in [6, 6.07) is 0.596. The van der Waals surface area contributed by atoms with Gasteiger partial charge in [-0.25, -0.2) is 0 Å². The molecule has 0 unspecified atom stereocenters. The van der Waals surface area contributed by atoms with Crippen molar-refractivity contribution in [1.29, 1.82) is 0 Å². The van der Waals surface area contributed by atoms with Crippen molar-refractivity contribution in [1.82, 2.24) is 5.32 Å². The van der Waals surface area contributed by atoms with Crippen molar-refractivity contribution in [3.05, 3.63) is 0 Å². The van der Waals surface area contributed by atoms with Crippen molar-refractivity contribution in [2.75, 3.05) is 18.6 Å². The van der Waals surface area contributed by atoms with Crippen molar-refractivity contribution in [2.24, 2.45) is 5.41 Å². The monoisotopic (exact) mass is 217 g/mol. The van der Waals surface area contributed by atoms with Crippen LogP contribution in [0.2, 0.25) is 0 Å². The molecule has 14 heavy (non-hydrogen) atoms. The lowest BCUT2D eigenvalue weighted by Gasteiger charge is -2.28. The van der Waals surface area contributed by atoms with Crippen LogP contribution < -0.4 is 5.32 Å². The van der Waals surface area contributed by atoms with Gasteiger partial charge >= 0.3 is 0 Å². The Morgan fingerprint density at radius 2 is 2.29 bits per heavy atom. The summed E-state index contributed by atoms with van der Waals surface area (Å²) in [6.45, 7) is 5.38. The molecule has 0 aromatic heterocycles. The zero-order valence-electron chi connectivity index (χ0n) is 9.55. The highest BCUT2D eigenvalue weighted by Crippen LogP contribution is 2.36. The Bertz CT molecular complexity index is 173. The van der Waals surface area contributed by atoms with E-state index in [2.05, 4.69) is 19.2 Å². The summed E-state index contributed by atoms with van der Waals surface area (Å²) < 4.78 is 0. The average Bonchev–Trinajstić information content (AvgIpc) is 2.42. The van der Waals surface area contributed by atoms with Crippen LogP contribution in [0.25, 0.3) is 0 Å². The number of hydrogen-bond donors (Lipinski definition) is 2. The summed E-state index contributed by atoms with van der Waals surface area (Å²) in [5, 5.41) is 13.1. The lowest BCUT2D eigenvalue weighted by molar-refractivity contribution is 0.176. The summed E-state index contributed by atoms with van der Waals surface area (Å²) in [6.07, 6.45) is 5.73. The lowest BCUT2D eigenvalue weighted by atomic mass is 9.87. The molecule has 2 atom stereocenters. The fourth-order valence-corrected chi connectivity index (χ4v) is 2.74. The Hall–Kier alpha value is 0.270. The quantitative estimate of drug-likeness (QED) is 0.737. The fourth-order valence-electron chi connectivity index (χ4n) is 2.23. The van der Waals surface area contributed by atoms with E-state index in [1.807, 2.05) is 6.26 Å². The third-order valence-corrected chi connectivity index (χ3v) is 3.93. The molecule has 0 aliphatic heterocycles. The molecule has 0 aromatic carbocycles. The number of nitrogens with one attached hydrogen (secondary N) is 1. The Labute approximate surface area is 91.9 Å². The van der Waals surface area contributed by atoms with E-state index in [1.54, 1.807) is 11.8 Å². The molecule has 1 saturated carbocycles. The summed E-state index contributed by atoms with van der Waals surface area (Å²) >= 11 is 1.70. The zero-order chi connectivity index (χ0) is 10.6. The molecular formula is C11H23NOS. The average molecular weight is 217 g/mol. The molecular weight excluding hydrogens is 194 g/mol. The number of aliphatic hydroxyl groups is 1. The van der Waals surface area contributed by atoms with Crippen LogP contribution in [0.5, 0.6) is 0 Å². The minimum absolute atomic E-state index is 0.193. The van der Waals surface area contributed by atoms with Crippen LogP contribution in [-0.4, -0.2) is 35.8 Å². The fraction of sp³-hybridized carbons (Fsp3) is 1.00. The second-order valence-corrected chi connectivity index (χ2v) is 5.86. The standard InChI is InChI=1S/C11H23NOS/c1-11(2)6-4-5-10(11)12-7-9(13)8-14-3/h9-10,12-13H,4-8H2,1-3H3/t9-,10+/m1/s1. The SMILES string of the molecule is CSC[C@H](O)CN[C@H]1CCCC1(C)C. The second-order valence-electron chi connectivity index (χ2n) is 4.95. The highest BCUT2D eigenvalue weighted by atomic mass is 32.2. The largest absolute Gasteiger partial charge is 0.391 e. The van der Waals surface area contributed by atoms with Gasteiger partial charge in [-0.2, -0.15) is 11.8 Å². The normalized spacial score (nSPS) is 27.9. The maximum absolute atomic E-state index is 9.60. The molecule has 0 aromatic rings. The van der Waals surface area contributed by atoms with E-state index in [1.165, 1.54) is 19.3 Å². The van der Waals surface area contributed by atoms with Gasteiger partial charge < -0.3 is 10.4 Å². The maximum atomic E-state index is 9.60. The third-order valence-electron chi connectivity index (χ3n) is 3.22. The molecule has 0 spiro atoms. The van der Waals surface area contributed by atoms with Gasteiger partial charge in [0.05, 0.1) is 6.10 Å².